The van der Waals surface area contributed by atoms with Crippen LogP contribution in [-0.2, 0) is 6.42 Å². The first-order valence-electron chi connectivity index (χ1n) is 7.99. The lowest BCUT2D eigenvalue weighted by atomic mass is 10.1. The van der Waals surface area contributed by atoms with Gasteiger partial charge in [0.05, 0.1) is 0 Å². The molecule has 1 aliphatic rings. The molecule has 0 saturated heterocycles. The van der Waals surface area contributed by atoms with E-state index in [0.29, 0.717) is 17.8 Å². The second-order valence-corrected chi connectivity index (χ2v) is 6.03. The van der Waals surface area contributed by atoms with Gasteiger partial charge in [0.15, 0.2) is 0 Å². The van der Waals surface area contributed by atoms with Crippen LogP contribution < -0.4 is 10.9 Å². The van der Waals surface area contributed by atoms with Crippen LogP contribution in [0.2, 0.25) is 0 Å². The van der Waals surface area contributed by atoms with E-state index in [0.717, 1.165) is 23.5 Å². The van der Waals surface area contributed by atoms with Crippen LogP contribution in [0.25, 0.3) is 11.4 Å². The predicted molar refractivity (Wildman–Crippen MR) is 87.9 cm³/mol. The number of aryl methyl sites for hydroxylation is 1. The molecule has 2 atom stereocenters. The summed E-state index contributed by atoms with van der Waals surface area (Å²) in [5.74, 6) is 2.16. The fourth-order valence-electron chi connectivity index (χ4n) is 2.99. The second kappa shape index (κ2) is 6.30. The molecule has 0 aromatic carbocycles. The van der Waals surface area contributed by atoms with Crippen molar-refractivity contribution in [3.8, 4) is 11.4 Å². The molecule has 2 aromatic heterocycles. The molecule has 1 saturated carbocycles. The Kier molecular flexibility index (Phi) is 4.22. The van der Waals surface area contributed by atoms with Gasteiger partial charge in [0.2, 0.25) is 0 Å². The number of anilines is 1. The number of hydrogen-bond donors (Lipinski definition) is 2. The standard InChI is InChI=1S/C17H22N4O/c1-3-13-9-16(22)21-17(19-13)12-7-8-15(18-10-12)20-14-6-4-5-11(14)2/h7-11,14H,3-6H2,1-2H3,(H,18,20)(H,19,21,22). The summed E-state index contributed by atoms with van der Waals surface area (Å²) in [7, 11) is 0. The van der Waals surface area contributed by atoms with Crippen molar-refractivity contribution in [3.63, 3.8) is 0 Å². The third-order valence-electron chi connectivity index (χ3n) is 4.39. The molecule has 2 heterocycles. The van der Waals surface area contributed by atoms with Gasteiger partial charge in [0.25, 0.3) is 5.56 Å². The summed E-state index contributed by atoms with van der Waals surface area (Å²) in [6, 6.07) is 5.96. The zero-order chi connectivity index (χ0) is 15.5. The van der Waals surface area contributed by atoms with Gasteiger partial charge in [-0.3, -0.25) is 4.79 Å². The van der Waals surface area contributed by atoms with Gasteiger partial charge in [0.1, 0.15) is 11.6 Å². The topological polar surface area (TPSA) is 70.7 Å². The minimum absolute atomic E-state index is 0.121. The molecule has 2 N–H and O–H groups in total. The fraction of sp³-hybridized carbons (Fsp3) is 0.471. The van der Waals surface area contributed by atoms with Gasteiger partial charge in [-0.05, 0) is 37.3 Å². The lowest BCUT2D eigenvalue weighted by Crippen LogP contribution is -2.22. The molecule has 0 aliphatic heterocycles. The minimum Gasteiger partial charge on any atom is -0.367 e. The largest absolute Gasteiger partial charge is 0.367 e. The molecule has 22 heavy (non-hydrogen) atoms. The first-order chi connectivity index (χ1) is 10.7. The normalized spacial score (nSPS) is 21.0. The van der Waals surface area contributed by atoms with Crippen molar-refractivity contribution in [1.29, 1.82) is 0 Å². The van der Waals surface area contributed by atoms with E-state index in [-0.39, 0.29) is 5.56 Å². The summed E-state index contributed by atoms with van der Waals surface area (Å²) in [6.45, 7) is 4.27. The molecular formula is C17H22N4O. The van der Waals surface area contributed by atoms with E-state index in [4.69, 9.17) is 0 Å². The Labute approximate surface area is 130 Å². The molecule has 5 heteroatoms. The van der Waals surface area contributed by atoms with Crippen LogP contribution in [0, 0.1) is 5.92 Å². The van der Waals surface area contributed by atoms with Crippen molar-refractivity contribution in [3.05, 3.63) is 40.4 Å². The Morgan fingerprint density at radius 2 is 2.23 bits per heavy atom. The summed E-state index contributed by atoms with van der Waals surface area (Å²) in [4.78, 5) is 23.3. The van der Waals surface area contributed by atoms with E-state index < -0.39 is 0 Å². The number of pyridine rings is 1. The fourth-order valence-corrected chi connectivity index (χ4v) is 2.99. The van der Waals surface area contributed by atoms with Crippen molar-refractivity contribution < 1.29 is 0 Å². The Hall–Kier alpha value is -2.17. The summed E-state index contributed by atoms with van der Waals surface area (Å²) >= 11 is 0. The number of aromatic amines is 1. The zero-order valence-electron chi connectivity index (χ0n) is 13.1. The van der Waals surface area contributed by atoms with E-state index in [1.54, 1.807) is 6.20 Å². The number of hydrogen-bond acceptors (Lipinski definition) is 4. The highest BCUT2D eigenvalue weighted by molar-refractivity contribution is 5.56. The zero-order valence-corrected chi connectivity index (χ0v) is 13.1. The second-order valence-electron chi connectivity index (χ2n) is 6.03. The third-order valence-corrected chi connectivity index (χ3v) is 4.39. The van der Waals surface area contributed by atoms with Gasteiger partial charge in [-0.2, -0.15) is 0 Å². The monoisotopic (exact) mass is 298 g/mol. The van der Waals surface area contributed by atoms with Crippen molar-refractivity contribution in [2.75, 3.05) is 5.32 Å². The predicted octanol–water partition coefficient (Wildman–Crippen LogP) is 2.99. The molecule has 0 amide bonds. The van der Waals surface area contributed by atoms with E-state index in [2.05, 4.69) is 27.2 Å². The highest BCUT2D eigenvalue weighted by Crippen LogP contribution is 2.27. The van der Waals surface area contributed by atoms with Gasteiger partial charge in [-0.15, -0.1) is 0 Å². The molecule has 2 aromatic rings. The van der Waals surface area contributed by atoms with Crippen LogP contribution in [0.3, 0.4) is 0 Å². The molecule has 1 fully saturated rings. The van der Waals surface area contributed by atoms with Crippen LogP contribution in [0.15, 0.2) is 29.2 Å². The summed E-state index contributed by atoms with van der Waals surface area (Å²) in [5.41, 5.74) is 1.50. The van der Waals surface area contributed by atoms with Gasteiger partial charge in [-0.25, -0.2) is 9.97 Å². The van der Waals surface area contributed by atoms with Gasteiger partial charge >= 0.3 is 0 Å². The average Bonchev–Trinajstić information content (AvgIpc) is 2.92. The first-order valence-corrected chi connectivity index (χ1v) is 7.99. The quantitative estimate of drug-likeness (QED) is 0.910. The molecule has 0 bridgehead atoms. The van der Waals surface area contributed by atoms with Crippen molar-refractivity contribution in [2.45, 2.75) is 45.6 Å². The van der Waals surface area contributed by atoms with Gasteiger partial charge in [0, 0.05) is 29.6 Å². The summed E-state index contributed by atoms with van der Waals surface area (Å²) in [6.07, 6.45) is 6.28. The Balaban J connectivity index is 1.79. The molecule has 116 valence electrons. The highest BCUT2D eigenvalue weighted by Gasteiger charge is 2.23. The smallest absolute Gasteiger partial charge is 0.251 e. The van der Waals surface area contributed by atoms with Crippen molar-refractivity contribution in [1.82, 2.24) is 15.0 Å². The van der Waals surface area contributed by atoms with Gasteiger partial charge in [-0.1, -0.05) is 20.3 Å². The minimum atomic E-state index is -0.121. The van der Waals surface area contributed by atoms with Crippen LogP contribution in [0.5, 0.6) is 0 Å². The van der Waals surface area contributed by atoms with Crippen LogP contribution in [0.4, 0.5) is 5.82 Å². The van der Waals surface area contributed by atoms with Crippen molar-refractivity contribution in [2.24, 2.45) is 5.92 Å². The SMILES string of the molecule is CCc1cc(=O)[nH]c(-c2ccc(NC3CCCC3C)nc2)n1. The third kappa shape index (κ3) is 3.18. The Bertz CT molecular complexity index is 693. The number of rotatable bonds is 4. The molecular weight excluding hydrogens is 276 g/mol. The van der Waals surface area contributed by atoms with E-state index >= 15 is 0 Å². The first kappa shape index (κ1) is 14.8. The van der Waals surface area contributed by atoms with Crippen LogP contribution >= 0.6 is 0 Å². The van der Waals surface area contributed by atoms with Crippen LogP contribution in [-0.4, -0.2) is 21.0 Å². The summed E-state index contributed by atoms with van der Waals surface area (Å²) < 4.78 is 0. The molecule has 2 unspecified atom stereocenters. The number of H-pyrrole nitrogens is 1. The van der Waals surface area contributed by atoms with Crippen LogP contribution in [0.1, 0.15) is 38.8 Å². The maximum Gasteiger partial charge on any atom is 0.251 e. The molecule has 5 nitrogen and oxygen atoms in total. The maximum atomic E-state index is 11.6. The average molecular weight is 298 g/mol. The Morgan fingerprint density at radius 1 is 1.36 bits per heavy atom. The lowest BCUT2D eigenvalue weighted by Gasteiger charge is -2.17. The van der Waals surface area contributed by atoms with E-state index in [1.165, 1.54) is 25.3 Å². The number of nitrogens with zero attached hydrogens (tertiary/aromatic N) is 2. The maximum absolute atomic E-state index is 11.6. The van der Waals surface area contributed by atoms with Crippen molar-refractivity contribution >= 4 is 5.82 Å². The van der Waals surface area contributed by atoms with Gasteiger partial charge < -0.3 is 10.3 Å². The molecule has 0 spiro atoms. The van der Waals surface area contributed by atoms with E-state index in [1.807, 2.05) is 19.1 Å². The molecule has 0 radical (unpaired) electrons. The molecule has 3 rings (SSSR count). The van der Waals surface area contributed by atoms with E-state index in [9.17, 15) is 4.79 Å². The highest BCUT2D eigenvalue weighted by atomic mass is 16.1. The molecule has 1 aliphatic carbocycles. The Morgan fingerprint density at radius 3 is 2.86 bits per heavy atom. The summed E-state index contributed by atoms with van der Waals surface area (Å²) in [5, 5.41) is 3.50. The lowest BCUT2D eigenvalue weighted by molar-refractivity contribution is 0.555. The number of aromatic nitrogens is 3. The number of nitrogens with one attached hydrogen (secondary N) is 2.